The molecule has 0 aromatic heterocycles. The summed E-state index contributed by atoms with van der Waals surface area (Å²) in [6, 6.07) is 0. The second-order valence-electron chi connectivity index (χ2n) is 6.30. The number of ether oxygens (including phenoxy) is 4. The Morgan fingerprint density at radius 2 is 1.53 bits per heavy atom. The summed E-state index contributed by atoms with van der Waals surface area (Å²) in [6.07, 6.45) is 6.43. The highest BCUT2D eigenvalue weighted by Gasteiger charge is 2.10. The first-order valence-corrected chi connectivity index (χ1v) is 9.70. The molecule has 0 bridgehead atoms. The number of cyclic esters (lactones) is 2. The summed E-state index contributed by atoms with van der Waals surface area (Å²) in [5, 5.41) is 0. The molecule has 0 amide bonds. The molecule has 0 saturated heterocycles. The van der Waals surface area contributed by atoms with Gasteiger partial charge >= 0.3 is 29.8 Å². The van der Waals surface area contributed by atoms with Gasteiger partial charge in [-0.05, 0) is 19.3 Å². The summed E-state index contributed by atoms with van der Waals surface area (Å²) in [5.41, 5.74) is 0.459. The Hall–Kier alpha value is -3.49. The second-order valence-corrected chi connectivity index (χ2v) is 6.30. The largest absolute Gasteiger partial charge is 0.466 e. The molecule has 0 radical (unpaired) electrons. The molecule has 1 rings (SSSR count). The smallest absolute Gasteiger partial charge is 0.338 e. The van der Waals surface area contributed by atoms with E-state index in [4.69, 9.17) is 4.74 Å². The number of carbonyl (C=O) groups excluding carboxylic acids is 5. The van der Waals surface area contributed by atoms with Crippen LogP contribution in [0.1, 0.15) is 40.5 Å². The second kappa shape index (κ2) is 22.2. The number of unbranched alkanes of at least 4 members (excludes halogenated alkanes) is 1. The highest BCUT2D eigenvalue weighted by atomic mass is 16.6. The van der Waals surface area contributed by atoms with E-state index >= 15 is 0 Å². The maximum absolute atomic E-state index is 10.7. The minimum Gasteiger partial charge on any atom is -0.466 e. The van der Waals surface area contributed by atoms with Crippen LogP contribution < -0.4 is 0 Å². The molecule has 1 heterocycles. The number of hydrogen-bond acceptors (Lipinski definition) is 9. The van der Waals surface area contributed by atoms with E-state index in [0.29, 0.717) is 24.7 Å². The first kappa shape index (κ1) is 33.2. The maximum Gasteiger partial charge on any atom is 0.338 e. The number of hydrogen-bond donors (Lipinski definition) is 0. The quantitative estimate of drug-likeness (QED) is 0.179. The van der Waals surface area contributed by atoms with Gasteiger partial charge in [0.1, 0.15) is 0 Å². The molecular weight excluding hydrogens is 420 g/mol. The molecule has 0 unspecified atom stereocenters. The molecule has 9 heteroatoms. The van der Waals surface area contributed by atoms with E-state index in [0.717, 1.165) is 31.1 Å². The molecule has 9 nitrogen and oxygen atoms in total. The van der Waals surface area contributed by atoms with E-state index in [1.807, 2.05) is 20.8 Å². The third kappa shape index (κ3) is 26.5. The monoisotopic (exact) mass is 454 g/mol. The van der Waals surface area contributed by atoms with Crippen molar-refractivity contribution in [2.45, 2.75) is 40.5 Å². The van der Waals surface area contributed by atoms with Crippen molar-refractivity contribution < 1.29 is 42.9 Å². The number of methoxy groups -OCH3 is 1. The van der Waals surface area contributed by atoms with Crippen LogP contribution in [0.4, 0.5) is 0 Å². The number of carbonyl (C=O) groups is 5. The molecule has 0 fully saturated rings. The summed E-state index contributed by atoms with van der Waals surface area (Å²) in [7, 11) is 1.31. The Labute approximate surface area is 189 Å². The fraction of sp³-hybridized carbons (Fsp3) is 0.435. The fourth-order valence-electron chi connectivity index (χ4n) is 1.13. The van der Waals surface area contributed by atoms with Crippen molar-refractivity contribution in [1.29, 1.82) is 0 Å². The van der Waals surface area contributed by atoms with Crippen LogP contribution in [0.2, 0.25) is 0 Å². The van der Waals surface area contributed by atoms with Crippen molar-refractivity contribution in [3.05, 3.63) is 49.6 Å². The molecule has 0 aromatic rings. The molecular formula is C23H34O9. The molecule has 180 valence electrons. The molecule has 0 aliphatic carbocycles. The van der Waals surface area contributed by atoms with Crippen molar-refractivity contribution >= 4 is 29.8 Å². The van der Waals surface area contributed by atoms with Gasteiger partial charge in [-0.1, -0.05) is 46.9 Å². The summed E-state index contributed by atoms with van der Waals surface area (Å²) >= 11 is 0. The molecule has 32 heavy (non-hydrogen) atoms. The Bertz CT molecular complexity index is 657. The van der Waals surface area contributed by atoms with Gasteiger partial charge in [0.05, 0.1) is 20.3 Å². The van der Waals surface area contributed by atoms with Crippen molar-refractivity contribution in [2.75, 3.05) is 20.3 Å². The Morgan fingerprint density at radius 1 is 1.03 bits per heavy atom. The van der Waals surface area contributed by atoms with Gasteiger partial charge in [0.2, 0.25) is 0 Å². The molecule has 0 N–H and O–H groups in total. The predicted octanol–water partition coefficient (Wildman–Crippen LogP) is 3.25. The van der Waals surface area contributed by atoms with Gasteiger partial charge in [-0.15, -0.1) is 0 Å². The Balaban J connectivity index is -0.000000356. The number of esters is 5. The zero-order valence-corrected chi connectivity index (χ0v) is 19.5. The van der Waals surface area contributed by atoms with Gasteiger partial charge in [0, 0.05) is 29.9 Å². The summed E-state index contributed by atoms with van der Waals surface area (Å²) in [4.78, 5) is 50.8. The Morgan fingerprint density at radius 3 is 1.78 bits per heavy atom. The van der Waals surface area contributed by atoms with Crippen LogP contribution in [0.25, 0.3) is 0 Å². The van der Waals surface area contributed by atoms with Crippen molar-refractivity contribution in [2.24, 2.45) is 5.92 Å². The van der Waals surface area contributed by atoms with Gasteiger partial charge in [-0.3, -0.25) is 0 Å². The fourth-order valence-corrected chi connectivity index (χ4v) is 1.13. The molecule has 0 saturated carbocycles. The van der Waals surface area contributed by atoms with Gasteiger partial charge in [-0.2, -0.15) is 0 Å². The predicted molar refractivity (Wildman–Crippen MR) is 119 cm³/mol. The van der Waals surface area contributed by atoms with E-state index in [2.05, 4.69) is 33.9 Å². The highest BCUT2D eigenvalue weighted by Crippen LogP contribution is 1.97. The van der Waals surface area contributed by atoms with Crippen LogP contribution in [0.15, 0.2) is 49.6 Å². The van der Waals surface area contributed by atoms with Crippen LogP contribution >= 0.6 is 0 Å². The minimum absolute atomic E-state index is 0.297. The third-order valence-corrected chi connectivity index (χ3v) is 2.73. The van der Waals surface area contributed by atoms with Crippen molar-refractivity contribution in [3.8, 4) is 0 Å². The summed E-state index contributed by atoms with van der Waals surface area (Å²) in [6.45, 7) is 18.5. The molecule has 0 spiro atoms. The number of rotatable bonds is 8. The lowest BCUT2D eigenvalue weighted by molar-refractivity contribution is -0.150. The zero-order valence-electron chi connectivity index (χ0n) is 19.5. The lowest BCUT2D eigenvalue weighted by atomic mass is 10.2. The Kier molecular flexibility index (Phi) is 23.0. The SMILES string of the molecule is C=C(C)C(=O)OCC(C)C.C=CC(=O)OC.C=CC(=O)OCCCC.O=C1C=CC(=O)O1. The third-order valence-electron chi connectivity index (χ3n) is 2.73. The van der Waals surface area contributed by atoms with E-state index in [-0.39, 0.29) is 11.9 Å². The summed E-state index contributed by atoms with van der Waals surface area (Å²) in [5.74, 6) is -1.79. The van der Waals surface area contributed by atoms with E-state index in [1.54, 1.807) is 6.92 Å². The molecule has 1 aliphatic heterocycles. The average molecular weight is 455 g/mol. The summed E-state index contributed by atoms with van der Waals surface area (Å²) < 4.78 is 17.6. The maximum atomic E-state index is 10.7. The lowest BCUT2D eigenvalue weighted by Gasteiger charge is -2.05. The van der Waals surface area contributed by atoms with Crippen molar-refractivity contribution in [1.82, 2.24) is 0 Å². The standard InChI is InChI=1S/C8H14O2.C7H12O2.C4H2O3.C4H6O2/c1-6(2)5-10-8(9)7(3)4;1-3-5-6-9-7(8)4-2;5-3-1-2-4(6)7-3;1-3-4(5)6-2/h6H,3,5H2,1-2,4H3;4H,2-3,5-6H2,1H3;1-2H;3H,1H2,2H3. The normalized spacial score (nSPS) is 10.6. The molecule has 0 aromatic carbocycles. The topological polar surface area (TPSA) is 122 Å². The van der Waals surface area contributed by atoms with Crippen LogP contribution in [-0.4, -0.2) is 50.2 Å². The van der Waals surface area contributed by atoms with E-state index in [9.17, 15) is 24.0 Å². The van der Waals surface area contributed by atoms with Crippen LogP contribution in [0, 0.1) is 5.92 Å². The lowest BCUT2D eigenvalue weighted by Crippen LogP contribution is -2.09. The van der Waals surface area contributed by atoms with Crippen LogP contribution in [0.3, 0.4) is 0 Å². The van der Waals surface area contributed by atoms with Crippen LogP contribution in [-0.2, 0) is 42.9 Å². The van der Waals surface area contributed by atoms with E-state index < -0.39 is 17.9 Å². The van der Waals surface area contributed by atoms with Gasteiger partial charge in [0.15, 0.2) is 0 Å². The molecule has 1 aliphatic rings. The van der Waals surface area contributed by atoms with Gasteiger partial charge in [0.25, 0.3) is 0 Å². The first-order chi connectivity index (χ1) is 14.9. The zero-order chi connectivity index (χ0) is 25.5. The van der Waals surface area contributed by atoms with Gasteiger partial charge < -0.3 is 18.9 Å². The van der Waals surface area contributed by atoms with E-state index in [1.165, 1.54) is 13.2 Å². The molecule has 0 atom stereocenters. The minimum atomic E-state index is -0.579. The van der Waals surface area contributed by atoms with Gasteiger partial charge in [-0.25, -0.2) is 24.0 Å². The first-order valence-electron chi connectivity index (χ1n) is 9.70. The van der Waals surface area contributed by atoms with Crippen molar-refractivity contribution in [3.63, 3.8) is 0 Å². The highest BCUT2D eigenvalue weighted by molar-refractivity contribution is 6.04. The van der Waals surface area contributed by atoms with Crippen LogP contribution in [0.5, 0.6) is 0 Å². The average Bonchev–Trinajstić information content (AvgIpc) is 3.14.